The molecule has 0 amide bonds. The second kappa shape index (κ2) is 5.58. The molecule has 110 valence electrons. The molecule has 1 heterocycles. The highest BCUT2D eigenvalue weighted by Crippen LogP contribution is 2.31. The Morgan fingerprint density at radius 3 is 2.38 bits per heavy atom. The summed E-state index contributed by atoms with van der Waals surface area (Å²) in [7, 11) is -3.75. The van der Waals surface area contributed by atoms with E-state index in [4.69, 9.17) is 0 Å². The molecule has 0 aliphatic carbocycles. The minimum Gasteiger partial charge on any atom is -0.207 e. The lowest BCUT2D eigenvalue weighted by molar-refractivity contribution is 0.465. The van der Waals surface area contributed by atoms with E-state index in [0.717, 1.165) is 12.0 Å². The Morgan fingerprint density at radius 1 is 1.00 bits per heavy atom. The van der Waals surface area contributed by atoms with Gasteiger partial charge in [0.05, 0.1) is 0 Å². The number of benzene rings is 2. The molecule has 0 N–H and O–H groups in total. The van der Waals surface area contributed by atoms with Crippen LogP contribution < -0.4 is 0 Å². The van der Waals surface area contributed by atoms with Crippen molar-refractivity contribution in [3.63, 3.8) is 0 Å². The van der Waals surface area contributed by atoms with Gasteiger partial charge < -0.3 is 0 Å². The summed E-state index contributed by atoms with van der Waals surface area (Å²) in [5.74, 6) is -0.520. The van der Waals surface area contributed by atoms with Gasteiger partial charge in [0.15, 0.2) is 0 Å². The van der Waals surface area contributed by atoms with Crippen LogP contribution in [0.1, 0.15) is 17.9 Å². The van der Waals surface area contributed by atoms with Crippen LogP contribution >= 0.6 is 0 Å². The average Bonchev–Trinajstić information content (AvgIpc) is 2.99. The molecule has 0 radical (unpaired) electrons. The second-order valence-corrected chi connectivity index (χ2v) is 7.10. The van der Waals surface area contributed by atoms with Gasteiger partial charge in [0.1, 0.15) is 10.7 Å². The molecule has 1 aliphatic heterocycles. The van der Waals surface area contributed by atoms with E-state index in [-0.39, 0.29) is 10.8 Å². The predicted molar refractivity (Wildman–Crippen MR) is 79.0 cm³/mol. The van der Waals surface area contributed by atoms with Crippen molar-refractivity contribution in [2.45, 2.75) is 17.2 Å². The Balaban J connectivity index is 1.85. The highest BCUT2D eigenvalue weighted by Gasteiger charge is 2.34. The van der Waals surface area contributed by atoms with E-state index in [9.17, 15) is 12.8 Å². The van der Waals surface area contributed by atoms with Crippen LogP contribution in [0.15, 0.2) is 59.5 Å². The summed E-state index contributed by atoms with van der Waals surface area (Å²) >= 11 is 0. The number of halogens is 1. The number of hydrogen-bond donors (Lipinski definition) is 0. The van der Waals surface area contributed by atoms with Gasteiger partial charge in [0.2, 0.25) is 10.0 Å². The van der Waals surface area contributed by atoms with Gasteiger partial charge in [-0.3, -0.25) is 0 Å². The van der Waals surface area contributed by atoms with Crippen LogP contribution in [0.2, 0.25) is 0 Å². The molecule has 0 aromatic heterocycles. The average molecular weight is 305 g/mol. The van der Waals surface area contributed by atoms with Crippen LogP contribution in [-0.2, 0) is 10.0 Å². The van der Waals surface area contributed by atoms with Crippen molar-refractivity contribution < 1.29 is 12.8 Å². The fraction of sp³-hybridized carbons (Fsp3) is 0.250. The molecule has 1 unspecified atom stereocenters. The van der Waals surface area contributed by atoms with E-state index in [1.807, 2.05) is 30.3 Å². The standard InChI is InChI=1S/C16H16FNO2S/c17-15-8-4-5-9-16(15)21(19,20)18-11-10-14(12-18)13-6-2-1-3-7-13/h1-9,14H,10-12H2. The van der Waals surface area contributed by atoms with E-state index in [1.54, 1.807) is 6.07 Å². The van der Waals surface area contributed by atoms with Crippen molar-refractivity contribution in [2.24, 2.45) is 0 Å². The van der Waals surface area contributed by atoms with Crippen molar-refractivity contribution in [1.29, 1.82) is 0 Å². The lowest BCUT2D eigenvalue weighted by Gasteiger charge is -2.17. The van der Waals surface area contributed by atoms with Crippen molar-refractivity contribution >= 4 is 10.0 Å². The summed E-state index contributed by atoms with van der Waals surface area (Å²) in [6.45, 7) is 0.830. The molecule has 1 saturated heterocycles. The highest BCUT2D eigenvalue weighted by atomic mass is 32.2. The molecule has 5 heteroatoms. The second-order valence-electron chi connectivity index (χ2n) is 5.19. The third-order valence-corrected chi connectivity index (χ3v) is 5.77. The monoisotopic (exact) mass is 305 g/mol. The number of rotatable bonds is 3. The van der Waals surface area contributed by atoms with E-state index >= 15 is 0 Å². The van der Waals surface area contributed by atoms with Gasteiger partial charge in [0.25, 0.3) is 0 Å². The van der Waals surface area contributed by atoms with Crippen LogP contribution in [0.4, 0.5) is 4.39 Å². The molecule has 1 atom stereocenters. The highest BCUT2D eigenvalue weighted by molar-refractivity contribution is 7.89. The predicted octanol–water partition coefficient (Wildman–Crippen LogP) is 3.00. The van der Waals surface area contributed by atoms with Crippen LogP contribution in [0, 0.1) is 5.82 Å². The van der Waals surface area contributed by atoms with Gasteiger partial charge >= 0.3 is 0 Å². The molecule has 3 rings (SSSR count). The Morgan fingerprint density at radius 2 is 1.67 bits per heavy atom. The fourth-order valence-corrected chi connectivity index (χ4v) is 4.30. The first-order chi connectivity index (χ1) is 10.1. The lowest BCUT2D eigenvalue weighted by Crippen LogP contribution is -2.29. The maximum atomic E-state index is 13.8. The molecule has 2 aromatic carbocycles. The smallest absolute Gasteiger partial charge is 0.207 e. The first-order valence-corrected chi connectivity index (χ1v) is 8.32. The Bertz CT molecular complexity index is 731. The Labute approximate surface area is 124 Å². The summed E-state index contributed by atoms with van der Waals surface area (Å²) in [4.78, 5) is -0.237. The van der Waals surface area contributed by atoms with Crippen molar-refractivity contribution in [3.8, 4) is 0 Å². The van der Waals surface area contributed by atoms with Gasteiger partial charge in [-0.05, 0) is 30.0 Å². The molecule has 21 heavy (non-hydrogen) atoms. The largest absolute Gasteiger partial charge is 0.246 e. The van der Waals surface area contributed by atoms with Crippen molar-refractivity contribution in [1.82, 2.24) is 4.31 Å². The van der Waals surface area contributed by atoms with Crippen LogP contribution in [0.5, 0.6) is 0 Å². The molecular weight excluding hydrogens is 289 g/mol. The Kier molecular flexibility index (Phi) is 3.78. The molecule has 2 aromatic rings. The number of sulfonamides is 1. The molecule has 0 saturated carbocycles. The van der Waals surface area contributed by atoms with Gasteiger partial charge in [-0.2, -0.15) is 4.31 Å². The van der Waals surface area contributed by atoms with Gasteiger partial charge in [0, 0.05) is 13.1 Å². The fourth-order valence-electron chi connectivity index (χ4n) is 2.74. The molecule has 0 bridgehead atoms. The molecule has 0 spiro atoms. The zero-order valence-electron chi connectivity index (χ0n) is 11.4. The maximum absolute atomic E-state index is 13.8. The first-order valence-electron chi connectivity index (χ1n) is 6.88. The first kappa shape index (κ1) is 14.2. The van der Waals surface area contributed by atoms with E-state index < -0.39 is 15.8 Å². The molecular formula is C16H16FNO2S. The lowest BCUT2D eigenvalue weighted by atomic mass is 9.99. The zero-order chi connectivity index (χ0) is 14.9. The number of hydrogen-bond acceptors (Lipinski definition) is 2. The van der Waals surface area contributed by atoms with Crippen molar-refractivity contribution in [3.05, 3.63) is 66.0 Å². The third-order valence-electron chi connectivity index (χ3n) is 3.88. The summed E-state index contributed by atoms with van der Waals surface area (Å²) in [6.07, 6.45) is 0.762. The van der Waals surface area contributed by atoms with Crippen molar-refractivity contribution in [2.75, 3.05) is 13.1 Å². The van der Waals surface area contributed by atoms with Gasteiger partial charge in [-0.25, -0.2) is 12.8 Å². The van der Waals surface area contributed by atoms with E-state index in [0.29, 0.717) is 13.1 Å². The molecule has 1 fully saturated rings. The minimum absolute atomic E-state index is 0.174. The summed E-state index contributed by atoms with van der Waals surface area (Å²) in [5.41, 5.74) is 1.13. The van der Waals surface area contributed by atoms with Crippen LogP contribution in [0.3, 0.4) is 0 Å². The summed E-state index contributed by atoms with van der Waals surface area (Å²) in [6, 6.07) is 15.4. The number of nitrogens with zero attached hydrogens (tertiary/aromatic N) is 1. The van der Waals surface area contributed by atoms with Gasteiger partial charge in [-0.15, -0.1) is 0 Å². The van der Waals surface area contributed by atoms with Gasteiger partial charge in [-0.1, -0.05) is 42.5 Å². The quantitative estimate of drug-likeness (QED) is 0.874. The Hall–Kier alpha value is -1.72. The normalized spacial score (nSPS) is 19.8. The summed E-state index contributed by atoms with van der Waals surface area (Å²) < 4.78 is 40.2. The summed E-state index contributed by atoms with van der Waals surface area (Å²) in [5, 5.41) is 0. The SMILES string of the molecule is O=S(=O)(c1ccccc1F)N1CCC(c2ccccc2)C1. The van der Waals surface area contributed by atoms with E-state index in [2.05, 4.69) is 0 Å². The topological polar surface area (TPSA) is 37.4 Å². The van der Waals surface area contributed by atoms with Crippen LogP contribution in [0.25, 0.3) is 0 Å². The molecule has 1 aliphatic rings. The zero-order valence-corrected chi connectivity index (χ0v) is 12.3. The van der Waals surface area contributed by atoms with E-state index in [1.165, 1.54) is 22.5 Å². The third kappa shape index (κ3) is 2.71. The maximum Gasteiger partial charge on any atom is 0.246 e. The molecule has 3 nitrogen and oxygen atoms in total. The minimum atomic E-state index is -3.75. The van der Waals surface area contributed by atoms with Crippen LogP contribution in [-0.4, -0.2) is 25.8 Å².